The lowest BCUT2D eigenvalue weighted by molar-refractivity contribution is 0.370. The zero-order valence-electron chi connectivity index (χ0n) is 7.32. The molecular weight excluding hydrogens is 120 g/mol. The predicted octanol–water partition coefficient (Wildman–Crippen LogP) is 3.57. The van der Waals surface area contributed by atoms with Crippen LogP contribution in [-0.2, 0) is 0 Å². The van der Waals surface area contributed by atoms with Crippen molar-refractivity contribution >= 4 is 0 Å². The maximum absolute atomic E-state index is 2.33. The van der Waals surface area contributed by atoms with Gasteiger partial charge in [-0.05, 0) is 31.1 Å². The fraction of sp³-hybridized carbons (Fsp3) is 0.900. The Labute approximate surface area is 65.0 Å². The summed E-state index contributed by atoms with van der Waals surface area (Å²) < 4.78 is 0. The summed E-state index contributed by atoms with van der Waals surface area (Å²) in [5, 5.41) is 0. The van der Waals surface area contributed by atoms with Crippen LogP contribution >= 0.6 is 0 Å². The van der Waals surface area contributed by atoms with Crippen LogP contribution in [0.5, 0.6) is 0 Å². The average molecular weight is 139 g/mol. The van der Waals surface area contributed by atoms with Crippen LogP contribution in [0.3, 0.4) is 0 Å². The summed E-state index contributed by atoms with van der Waals surface area (Å²) in [5.41, 5.74) is 0. The molecule has 0 aromatic heterocycles. The molecule has 1 aliphatic rings. The highest BCUT2D eigenvalue weighted by molar-refractivity contribution is 4.97. The molecule has 0 spiro atoms. The van der Waals surface area contributed by atoms with Gasteiger partial charge in [0.1, 0.15) is 0 Å². The number of hydrogen-bond acceptors (Lipinski definition) is 0. The van der Waals surface area contributed by atoms with Crippen LogP contribution in [0, 0.1) is 11.8 Å². The summed E-state index contributed by atoms with van der Waals surface area (Å²) in [6.07, 6.45) is 8.54. The SMILES string of the molecule is CC[C]1CCCC[C@@H]1CC. The van der Waals surface area contributed by atoms with E-state index in [4.69, 9.17) is 0 Å². The lowest BCUT2D eigenvalue weighted by Gasteiger charge is -2.29. The molecule has 0 amide bonds. The van der Waals surface area contributed by atoms with Crippen molar-refractivity contribution in [2.45, 2.75) is 52.4 Å². The van der Waals surface area contributed by atoms with Gasteiger partial charge >= 0.3 is 0 Å². The van der Waals surface area contributed by atoms with Gasteiger partial charge in [0, 0.05) is 0 Å². The average Bonchev–Trinajstić information content (AvgIpc) is 2.04. The second kappa shape index (κ2) is 4.00. The number of hydrogen-bond donors (Lipinski definition) is 0. The molecule has 1 aliphatic carbocycles. The van der Waals surface area contributed by atoms with E-state index in [2.05, 4.69) is 13.8 Å². The first-order valence-electron chi connectivity index (χ1n) is 4.73. The molecule has 0 heterocycles. The van der Waals surface area contributed by atoms with Crippen molar-refractivity contribution in [1.29, 1.82) is 0 Å². The summed E-state index contributed by atoms with van der Waals surface area (Å²) >= 11 is 0. The fourth-order valence-electron chi connectivity index (χ4n) is 2.11. The molecule has 0 aromatic rings. The molecule has 0 unspecified atom stereocenters. The summed E-state index contributed by atoms with van der Waals surface area (Å²) in [6, 6.07) is 0. The fourth-order valence-corrected chi connectivity index (χ4v) is 2.11. The van der Waals surface area contributed by atoms with E-state index in [0.717, 1.165) is 5.92 Å². The minimum absolute atomic E-state index is 0.985. The smallest absolute Gasteiger partial charge is 0.0213 e. The van der Waals surface area contributed by atoms with Crippen LogP contribution in [0.15, 0.2) is 0 Å². The maximum atomic E-state index is 2.33. The monoisotopic (exact) mass is 139 g/mol. The molecule has 59 valence electrons. The second-order valence-corrected chi connectivity index (χ2v) is 3.36. The Morgan fingerprint density at radius 3 is 2.60 bits per heavy atom. The Bertz CT molecular complexity index is 74.0. The van der Waals surface area contributed by atoms with Crippen LogP contribution in [0.2, 0.25) is 0 Å². The molecule has 0 heteroatoms. The van der Waals surface area contributed by atoms with Crippen LogP contribution in [-0.4, -0.2) is 0 Å². The molecule has 1 saturated carbocycles. The Balaban J connectivity index is 2.34. The lowest BCUT2D eigenvalue weighted by Crippen LogP contribution is -2.15. The Morgan fingerprint density at radius 1 is 1.30 bits per heavy atom. The van der Waals surface area contributed by atoms with E-state index in [-0.39, 0.29) is 0 Å². The van der Waals surface area contributed by atoms with E-state index < -0.39 is 0 Å². The summed E-state index contributed by atoms with van der Waals surface area (Å²) in [7, 11) is 0. The van der Waals surface area contributed by atoms with Gasteiger partial charge in [0.2, 0.25) is 0 Å². The Morgan fingerprint density at radius 2 is 2.10 bits per heavy atom. The van der Waals surface area contributed by atoms with E-state index in [1.54, 1.807) is 0 Å². The third kappa shape index (κ3) is 1.74. The highest BCUT2D eigenvalue weighted by atomic mass is 14.3. The first-order valence-corrected chi connectivity index (χ1v) is 4.73. The minimum atomic E-state index is 0.985. The van der Waals surface area contributed by atoms with E-state index in [1.165, 1.54) is 38.5 Å². The lowest BCUT2D eigenvalue weighted by atomic mass is 9.77. The third-order valence-corrected chi connectivity index (χ3v) is 2.82. The van der Waals surface area contributed by atoms with Gasteiger partial charge in [0.05, 0.1) is 0 Å². The van der Waals surface area contributed by atoms with Crippen molar-refractivity contribution in [3.05, 3.63) is 5.92 Å². The van der Waals surface area contributed by atoms with Gasteiger partial charge in [-0.1, -0.05) is 33.1 Å². The highest BCUT2D eigenvalue weighted by Gasteiger charge is 2.21. The molecule has 0 saturated heterocycles. The molecule has 0 aliphatic heterocycles. The van der Waals surface area contributed by atoms with Gasteiger partial charge < -0.3 is 0 Å². The van der Waals surface area contributed by atoms with Crippen molar-refractivity contribution in [3.63, 3.8) is 0 Å². The predicted molar refractivity (Wildman–Crippen MR) is 45.8 cm³/mol. The summed E-state index contributed by atoms with van der Waals surface area (Å²) in [4.78, 5) is 0. The van der Waals surface area contributed by atoms with Crippen molar-refractivity contribution in [1.82, 2.24) is 0 Å². The van der Waals surface area contributed by atoms with E-state index in [9.17, 15) is 0 Å². The molecule has 0 N–H and O–H groups in total. The van der Waals surface area contributed by atoms with Gasteiger partial charge in [-0.25, -0.2) is 0 Å². The van der Waals surface area contributed by atoms with Crippen LogP contribution in [0.25, 0.3) is 0 Å². The van der Waals surface area contributed by atoms with Gasteiger partial charge in [-0.3, -0.25) is 0 Å². The summed E-state index contributed by atoms with van der Waals surface area (Å²) in [6.45, 7) is 4.63. The van der Waals surface area contributed by atoms with Crippen molar-refractivity contribution in [3.8, 4) is 0 Å². The Kier molecular flexibility index (Phi) is 3.24. The molecule has 1 atom stereocenters. The Hall–Kier alpha value is 0. The van der Waals surface area contributed by atoms with E-state index in [0.29, 0.717) is 0 Å². The third-order valence-electron chi connectivity index (χ3n) is 2.82. The van der Waals surface area contributed by atoms with Gasteiger partial charge in [-0.15, -0.1) is 0 Å². The minimum Gasteiger partial charge on any atom is -0.0651 e. The maximum Gasteiger partial charge on any atom is -0.0213 e. The van der Waals surface area contributed by atoms with Gasteiger partial charge in [0.25, 0.3) is 0 Å². The van der Waals surface area contributed by atoms with Crippen LogP contribution in [0.1, 0.15) is 52.4 Å². The van der Waals surface area contributed by atoms with Crippen molar-refractivity contribution in [2.75, 3.05) is 0 Å². The van der Waals surface area contributed by atoms with Crippen molar-refractivity contribution in [2.24, 2.45) is 5.92 Å². The van der Waals surface area contributed by atoms with E-state index in [1.807, 2.05) is 5.92 Å². The van der Waals surface area contributed by atoms with Crippen LogP contribution < -0.4 is 0 Å². The molecule has 1 fully saturated rings. The van der Waals surface area contributed by atoms with E-state index >= 15 is 0 Å². The molecule has 10 heavy (non-hydrogen) atoms. The second-order valence-electron chi connectivity index (χ2n) is 3.36. The number of rotatable bonds is 2. The summed E-state index contributed by atoms with van der Waals surface area (Å²) in [5.74, 6) is 2.83. The largest absolute Gasteiger partial charge is 0.0651 e. The zero-order valence-corrected chi connectivity index (χ0v) is 7.32. The van der Waals surface area contributed by atoms with Gasteiger partial charge in [0.15, 0.2) is 0 Å². The highest BCUT2D eigenvalue weighted by Crippen LogP contribution is 2.35. The van der Waals surface area contributed by atoms with Crippen molar-refractivity contribution < 1.29 is 0 Å². The first kappa shape index (κ1) is 8.10. The van der Waals surface area contributed by atoms with Gasteiger partial charge in [-0.2, -0.15) is 0 Å². The first-order chi connectivity index (χ1) is 4.88. The topological polar surface area (TPSA) is 0 Å². The van der Waals surface area contributed by atoms with Crippen LogP contribution in [0.4, 0.5) is 0 Å². The molecule has 0 nitrogen and oxygen atoms in total. The normalized spacial score (nSPS) is 28.8. The molecule has 1 rings (SSSR count). The molecular formula is C10H19. The molecule has 1 radical (unpaired) electrons. The zero-order chi connectivity index (χ0) is 7.40. The standard InChI is InChI=1S/C10H19/c1-3-9-7-5-6-8-10(9)4-2/h9H,3-8H2,1-2H3/t9-/m0/s1. The quantitative estimate of drug-likeness (QED) is 0.548. The molecule has 0 bridgehead atoms. The molecule has 0 aromatic carbocycles.